The van der Waals surface area contributed by atoms with Crippen molar-refractivity contribution in [2.45, 2.75) is 26.2 Å². The number of ether oxygens (including phenoxy) is 2. The number of nitrogens with one attached hydrogen (secondary N) is 1. The molecule has 2 aromatic carbocycles. The van der Waals surface area contributed by atoms with Gasteiger partial charge in [-0.2, -0.15) is 0 Å². The third kappa shape index (κ3) is 3.77. The molecule has 0 bridgehead atoms. The van der Waals surface area contributed by atoms with Gasteiger partial charge in [0, 0.05) is 25.2 Å². The fraction of sp³-hybridized carbons (Fsp3) is 0.238. The van der Waals surface area contributed by atoms with E-state index in [2.05, 4.69) is 55.9 Å². The lowest BCUT2D eigenvalue weighted by molar-refractivity contribution is 0.0473. The van der Waals surface area contributed by atoms with E-state index in [1.165, 1.54) is 0 Å². The number of nitrogens with zero attached hydrogens (tertiary/aromatic N) is 3. The highest BCUT2D eigenvalue weighted by Gasteiger charge is 2.10. The molecule has 4 aromatic rings. The van der Waals surface area contributed by atoms with Gasteiger partial charge in [0.05, 0.1) is 24.2 Å². The normalized spacial score (nSPS) is 12.5. The van der Waals surface area contributed by atoms with Crippen LogP contribution in [0.1, 0.15) is 30.0 Å². The van der Waals surface area contributed by atoms with Gasteiger partial charge in [-0.15, -0.1) is 0 Å². The van der Waals surface area contributed by atoms with E-state index in [0.29, 0.717) is 13.2 Å². The van der Waals surface area contributed by atoms with Gasteiger partial charge in [0.1, 0.15) is 18.3 Å². The quantitative estimate of drug-likeness (QED) is 0.536. The van der Waals surface area contributed by atoms with Crippen LogP contribution in [0.2, 0.25) is 0 Å². The maximum absolute atomic E-state index is 5.94. The van der Waals surface area contributed by atoms with Gasteiger partial charge < -0.3 is 14.5 Å². The van der Waals surface area contributed by atoms with Crippen molar-refractivity contribution in [3.05, 3.63) is 78.1 Å². The second-order valence-electron chi connectivity index (χ2n) is 6.47. The highest BCUT2D eigenvalue weighted by molar-refractivity contribution is 5.78. The lowest BCUT2D eigenvalue weighted by Crippen LogP contribution is -2.03. The predicted octanol–water partition coefficient (Wildman–Crippen LogP) is 4.17. The van der Waals surface area contributed by atoms with Crippen molar-refractivity contribution in [1.29, 1.82) is 0 Å². The molecule has 2 aromatic heterocycles. The summed E-state index contributed by atoms with van der Waals surface area (Å²) in [5.41, 5.74) is 5.30. The van der Waals surface area contributed by atoms with Crippen LogP contribution in [0, 0.1) is 0 Å². The molecule has 27 heavy (non-hydrogen) atoms. The summed E-state index contributed by atoms with van der Waals surface area (Å²) in [7, 11) is 1.70. The van der Waals surface area contributed by atoms with Gasteiger partial charge in [-0.1, -0.05) is 18.2 Å². The molecular weight excluding hydrogens is 340 g/mol. The summed E-state index contributed by atoms with van der Waals surface area (Å²) >= 11 is 0. The number of methoxy groups -OCH3 is 1. The minimum absolute atomic E-state index is 0.0862. The molecular formula is C21H22N4O2. The molecule has 0 aliphatic rings. The van der Waals surface area contributed by atoms with Crippen molar-refractivity contribution in [1.82, 2.24) is 19.5 Å². The van der Waals surface area contributed by atoms with Gasteiger partial charge >= 0.3 is 0 Å². The second kappa shape index (κ2) is 7.73. The first-order chi connectivity index (χ1) is 13.2. The largest absolute Gasteiger partial charge is 0.380 e. The summed E-state index contributed by atoms with van der Waals surface area (Å²) in [6.45, 7) is 3.09. The molecule has 0 fully saturated rings. The predicted molar refractivity (Wildman–Crippen MR) is 104 cm³/mol. The maximum Gasteiger partial charge on any atom is 0.135 e. The van der Waals surface area contributed by atoms with Crippen LogP contribution in [-0.2, 0) is 22.7 Å². The third-order valence-corrected chi connectivity index (χ3v) is 4.52. The summed E-state index contributed by atoms with van der Waals surface area (Å²) in [5, 5.41) is 0. The molecule has 0 spiro atoms. The van der Waals surface area contributed by atoms with Crippen molar-refractivity contribution in [3.8, 4) is 5.69 Å². The van der Waals surface area contributed by atoms with E-state index >= 15 is 0 Å². The number of H-pyrrole nitrogens is 1. The SMILES string of the molecule is COCc1ccc2c(c1)ncn2-c1cccc(COC(C)c2ncc[nH]2)c1. The molecule has 0 saturated heterocycles. The average molecular weight is 362 g/mol. The van der Waals surface area contributed by atoms with Crippen LogP contribution >= 0.6 is 0 Å². The summed E-state index contributed by atoms with van der Waals surface area (Å²) in [5.74, 6) is 0.832. The molecule has 0 saturated carbocycles. The number of imidazole rings is 2. The van der Waals surface area contributed by atoms with Gasteiger partial charge in [0.15, 0.2) is 0 Å². The van der Waals surface area contributed by atoms with Crippen LogP contribution in [0.3, 0.4) is 0 Å². The monoisotopic (exact) mass is 362 g/mol. The number of benzene rings is 2. The van der Waals surface area contributed by atoms with Crippen molar-refractivity contribution in [2.24, 2.45) is 0 Å². The number of hydrogen-bond donors (Lipinski definition) is 1. The molecule has 138 valence electrons. The lowest BCUT2D eigenvalue weighted by atomic mass is 10.2. The van der Waals surface area contributed by atoms with E-state index in [-0.39, 0.29) is 6.10 Å². The zero-order valence-corrected chi connectivity index (χ0v) is 15.4. The Hall–Kier alpha value is -2.96. The molecule has 6 heteroatoms. The first-order valence-electron chi connectivity index (χ1n) is 8.89. The summed E-state index contributed by atoms with van der Waals surface area (Å²) < 4.78 is 13.2. The Morgan fingerprint density at radius 3 is 2.78 bits per heavy atom. The first-order valence-corrected chi connectivity index (χ1v) is 8.89. The van der Waals surface area contributed by atoms with Crippen LogP contribution in [0.25, 0.3) is 16.7 Å². The first kappa shape index (κ1) is 17.5. The maximum atomic E-state index is 5.94. The van der Waals surface area contributed by atoms with Crippen molar-refractivity contribution in [2.75, 3.05) is 7.11 Å². The Labute approximate surface area is 157 Å². The minimum atomic E-state index is -0.0862. The molecule has 1 atom stereocenters. The van der Waals surface area contributed by atoms with E-state index in [4.69, 9.17) is 9.47 Å². The number of aromatic amines is 1. The minimum Gasteiger partial charge on any atom is -0.380 e. The molecule has 0 radical (unpaired) electrons. The van der Waals surface area contributed by atoms with Crippen molar-refractivity contribution >= 4 is 11.0 Å². The van der Waals surface area contributed by atoms with E-state index < -0.39 is 0 Å². The Morgan fingerprint density at radius 2 is 1.96 bits per heavy atom. The highest BCUT2D eigenvalue weighted by Crippen LogP contribution is 2.22. The zero-order valence-electron chi connectivity index (χ0n) is 15.4. The third-order valence-electron chi connectivity index (χ3n) is 4.52. The van der Waals surface area contributed by atoms with Crippen molar-refractivity contribution in [3.63, 3.8) is 0 Å². The van der Waals surface area contributed by atoms with Crippen LogP contribution in [0.15, 0.2) is 61.2 Å². The van der Waals surface area contributed by atoms with Gasteiger partial charge in [0.25, 0.3) is 0 Å². The van der Waals surface area contributed by atoms with Crippen LogP contribution in [0.5, 0.6) is 0 Å². The summed E-state index contributed by atoms with van der Waals surface area (Å²) in [6, 6.07) is 14.5. The number of rotatable bonds is 7. The molecule has 2 heterocycles. The van der Waals surface area contributed by atoms with E-state index in [9.17, 15) is 0 Å². The van der Waals surface area contributed by atoms with Crippen LogP contribution in [-0.4, -0.2) is 26.6 Å². The Morgan fingerprint density at radius 1 is 1.07 bits per heavy atom. The molecule has 4 rings (SSSR count). The zero-order chi connectivity index (χ0) is 18.6. The smallest absolute Gasteiger partial charge is 0.135 e. The number of aromatic nitrogens is 4. The molecule has 0 amide bonds. The van der Waals surface area contributed by atoms with E-state index in [1.54, 1.807) is 19.5 Å². The van der Waals surface area contributed by atoms with Gasteiger partial charge in [-0.05, 0) is 42.3 Å². The van der Waals surface area contributed by atoms with Crippen LogP contribution < -0.4 is 0 Å². The topological polar surface area (TPSA) is 65.0 Å². The lowest BCUT2D eigenvalue weighted by Gasteiger charge is -2.12. The second-order valence-corrected chi connectivity index (χ2v) is 6.47. The van der Waals surface area contributed by atoms with Gasteiger partial charge in [0.2, 0.25) is 0 Å². The fourth-order valence-corrected chi connectivity index (χ4v) is 3.12. The molecule has 0 aliphatic heterocycles. The molecule has 0 aliphatic carbocycles. The Balaban J connectivity index is 1.54. The van der Waals surface area contributed by atoms with Gasteiger partial charge in [-0.3, -0.25) is 4.57 Å². The van der Waals surface area contributed by atoms with E-state index in [0.717, 1.165) is 33.7 Å². The standard InChI is InChI=1S/C21H22N4O2/c1-15(21-22-8-9-23-21)27-13-16-4-3-5-18(10-16)25-14-24-19-11-17(12-26-2)6-7-20(19)25/h3-11,14-15H,12-13H2,1-2H3,(H,22,23). The van der Waals surface area contributed by atoms with Gasteiger partial charge in [-0.25, -0.2) is 9.97 Å². The average Bonchev–Trinajstić information content (AvgIpc) is 3.36. The fourth-order valence-electron chi connectivity index (χ4n) is 3.12. The highest BCUT2D eigenvalue weighted by atomic mass is 16.5. The Kier molecular flexibility index (Phi) is 5.00. The van der Waals surface area contributed by atoms with Crippen molar-refractivity contribution < 1.29 is 9.47 Å². The number of hydrogen-bond acceptors (Lipinski definition) is 4. The number of fused-ring (bicyclic) bond motifs is 1. The van der Waals surface area contributed by atoms with Crippen LogP contribution in [0.4, 0.5) is 0 Å². The molecule has 6 nitrogen and oxygen atoms in total. The van der Waals surface area contributed by atoms with E-state index in [1.807, 2.05) is 19.3 Å². The Bertz CT molecular complexity index is 1020. The summed E-state index contributed by atoms with van der Waals surface area (Å²) in [4.78, 5) is 11.9. The molecule has 1 unspecified atom stereocenters. The summed E-state index contributed by atoms with van der Waals surface area (Å²) in [6.07, 6.45) is 5.31. The molecule has 1 N–H and O–H groups in total.